The fourth-order valence-electron chi connectivity index (χ4n) is 4.35. The van der Waals surface area contributed by atoms with Crippen molar-refractivity contribution in [3.8, 4) is 0 Å². The van der Waals surface area contributed by atoms with Crippen LogP contribution in [0.2, 0.25) is 5.02 Å². The zero-order chi connectivity index (χ0) is 29.3. The van der Waals surface area contributed by atoms with Crippen LogP contribution in [0.25, 0.3) is 0 Å². The molecule has 0 aliphatic heterocycles. The molecule has 0 bridgehead atoms. The first-order valence-electron chi connectivity index (χ1n) is 13.6. The van der Waals surface area contributed by atoms with Crippen LogP contribution in [-0.2, 0) is 32.6 Å². The number of carbonyl (C=O) groups is 2. The Morgan fingerprint density at radius 2 is 1.68 bits per heavy atom. The van der Waals surface area contributed by atoms with Crippen LogP contribution in [-0.4, -0.2) is 44.3 Å². The number of carbonyl (C=O) groups excluding carboxylic acids is 2. The Balaban J connectivity index is 2.04. The number of anilines is 1. The lowest BCUT2D eigenvalue weighted by Gasteiger charge is -2.32. The van der Waals surface area contributed by atoms with E-state index in [4.69, 9.17) is 11.6 Å². The zero-order valence-corrected chi connectivity index (χ0v) is 25.1. The number of amides is 2. The summed E-state index contributed by atoms with van der Waals surface area (Å²) in [5.74, 6) is -0.801. The van der Waals surface area contributed by atoms with Gasteiger partial charge in [-0.1, -0.05) is 79.9 Å². The van der Waals surface area contributed by atoms with E-state index >= 15 is 0 Å². The molecule has 1 atom stereocenters. The lowest BCUT2D eigenvalue weighted by molar-refractivity contribution is -0.139. The normalized spacial score (nSPS) is 12.0. The lowest BCUT2D eigenvalue weighted by Crippen LogP contribution is -2.51. The first-order chi connectivity index (χ1) is 19.1. The maximum atomic E-state index is 14.0. The summed E-state index contributed by atoms with van der Waals surface area (Å²) < 4.78 is 29.2. The third-order valence-corrected chi connectivity index (χ3v) is 8.78. The number of hydrogen-bond donors (Lipinski definition) is 1. The van der Waals surface area contributed by atoms with Crippen LogP contribution in [0.3, 0.4) is 0 Å². The molecule has 0 radical (unpaired) electrons. The molecule has 40 heavy (non-hydrogen) atoms. The first-order valence-corrected chi connectivity index (χ1v) is 15.4. The highest BCUT2D eigenvalue weighted by Gasteiger charge is 2.33. The molecule has 0 aliphatic rings. The van der Waals surface area contributed by atoms with Crippen LogP contribution in [0.5, 0.6) is 0 Å². The highest BCUT2D eigenvalue weighted by molar-refractivity contribution is 7.92. The topological polar surface area (TPSA) is 86.8 Å². The van der Waals surface area contributed by atoms with E-state index in [1.165, 1.54) is 4.90 Å². The van der Waals surface area contributed by atoms with E-state index in [-0.39, 0.29) is 17.3 Å². The second-order valence-corrected chi connectivity index (χ2v) is 12.1. The molecule has 0 saturated carbocycles. The maximum Gasteiger partial charge on any atom is 0.264 e. The van der Waals surface area contributed by atoms with Gasteiger partial charge in [-0.25, -0.2) is 8.42 Å². The quantitative estimate of drug-likeness (QED) is 0.260. The van der Waals surface area contributed by atoms with Crippen LogP contribution in [0.15, 0.2) is 77.7 Å². The molecule has 3 aromatic carbocycles. The third kappa shape index (κ3) is 7.86. The molecule has 0 aromatic heterocycles. The average molecular weight is 584 g/mol. The lowest BCUT2D eigenvalue weighted by atomic mass is 10.1. The van der Waals surface area contributed by atoms with Gasteiger partial charge in [-0.2, -0.15) is 0 Å². The van der Waals surface area contributed by atoms with Gasteiger partial charge in [0.1, 0.15) is 12.6 Å². The monoisotopic (exact) mass is 583 g/mol. The van der Waals surface area contributed by atoms with Gasteiger partial charge >= 0.3 is 0 Å². The van der Waals surface area contributed by atoms with Crippen molar-refractivity contribution in [2.24, 2.45) is 0 Å². The summed E-state index contributed by atoms with van der Waals surface area (Å²) in [5, 5.41) is 3.39. The summed E-state index contributed by atoms with van der Waals surface area (Å²) in [6.07, 6.45) is 2.31. The zero-order valence-electron chi connectivity index (χ0n) is 23.6. The van der Waals surface area contributed by atoms with E-state index < -0.39 is 28.5 Å². The Hall–Kier alpha value is -3.36. The fourth-order valence-corrected chi connectivity index (χ4v) is 6.02. The first kappa shape index (κ1) is 31.2. The molecule has 0 spiro atoms. The Kier molecular flexibility index (Phi) is 11.2. The summed E-state index contributed by atoms with van der Waals surface area (Å²) in [6, 6.07) is 19.9. The maximum absolute atomic E-state index is 14.0. The molecule has 0 fully saturated rings. The fraction of sp³-hybridized carbons (Fsp3) is 0.355. The van der Waals surface area contributed by atoms with Crippen molar-refractivity contribution in [3.05, 3.63) is 94.5 Å². The summed E-state index contributed by atoms with van der Waals surface area (Å²) in [5.41, 5.74) is 2.88. The molecule has 9 heteroatoms. The number of rotatable bonds is 13. The molecule has 214 valence electrons. The SMILES string of the molecule is CCCCNC(=O)[C@@H](C)N(Cc1cccc(Cl)c1)C(=O)CN(c1ccccc1CC)S(=O)(=O)c1ccc(C)cc1. The van der Waals surface area contributed by atoms with Crippen molar-refractivity contribution in [1.82, 2.24) is 10.2 Å². The minimum absolute atomic E-state index is 0.0866. The van der Waals surface area contributed by atoms with Crippen LogP contribution < -0.4 is 9.62 Å². The molecule has 7 nitrogen and oxygen atoms in total. The van der Waals surface area contributed by atoms with E-state index in [1.807, 2.05) is 39.0 Å². The average Bonchev–Trinajstić information content (AvgIpc) is 2.94. The molecule has 3 aromatic rings. The largest absolute Gasteiger partial charge is 0.354 e. The molecular formula is C31H38ClN3O4S. The van der Waals surface area contributed by atoms with Crippen molar-refractivity contribution in [2.75, 3.05) is 17.4 Å². The van der Waals surface area contributed by atoms with Gasteiger partial charge in [0.15, 0.2) is 0 Å². The number of nitrogens with zero attached hydrogens (tertiary/aromatic N) is 2. The predicted molar refractivity (Wildman–Crippen MR) is 161 cm³/mol. The van der Waals surface area contributed by atoms with Gasteiger partial charge in [-0.3, -0.25) is 13.9 Å². The number of unbranched alkanes of at least 4 members (excludes halogenated alkanes) is 1. The molecule has 2 amide bonds. The van der Waals surface area contributed by atoms with Gasteiger partial charge in [-0.05, 0) is 68.1 Å². The number of aryl methyl sites for hydroxylation is 2. The van der Waals surface area contributed by atoms with E-state index in [0.29, 0.717) is 23.7 Å². The van der Waals surface area contributed by atoms with Crippen LogP contribution in [0.4, 0.5) is 5.69 Å². The molecule has 0 saturated heterocycles. The van der Waals surface area contributed by atoms with Gasteiger partial charge in [0, 0.05) is 18.1 Å². The van der Waals surface area contributed by atoms with E-state index in [0.717, 1.165) is 33.8 Å². The molecule has 3 rings (SSSR count). The molecule has 0 unspecified atom stereocenters. The van der Waals surface area contributed by atoms with Gasteiger partial charge in [0.2, 0.25) is 11.8 Å². The van der Waals surface area contributed by atoms with Crippen molar-refractivity contribution >= 4 is 39.1 Å². The van der Waals surface area contributed by atoms with Crippen molar-refractivity contribution in [1.29, 1.82) is 0 Å². The van der Waals surface area contributed by atoms with Crippen molar-refractivity contribution in [2.45, 2.75) is 64.4 Å². The number of nitrogens with one attached hydrogen (secondary N) is 1. The van der Waals surface area contributed by atoms with E-state index in [9.17, 15) is 18.0 Å². The minimum atomic E-state index is -4.11. The third-order valence-electron chi connectivity index (χ3n) is 6.77. The van der Waals surface area contributed by atoms with Crippen LogP contribution in [0, 0.1) is 6.92 Å². The standard InChI is InChI=1S/C31H38ClN3O4S/c1-5-7-19-33-31(37)24(4)34(21-25-11-10-13-27(32)20-25)30(36)22-35(29-14-9-8-12-26(29)6-2)40(38,39)28-17-15-23(3)16-18-28/h8-18,20,24H,5-7,19,21-22H2,1-4H3,(H,33,37)/t24-/m1/s1. The number of hydrogen-bond acceptors (Lipinski definition) is 4. The molecular weight excluding hydrogens is 546 g/mol. The Morgan fingerprint density at radius 1 is 0.975 bits per heavy atom. The molecule has 0 heterocycles. The smallest absolute Gasteiger partial charge is 0.264 e. The summed E-state index contributed by atoms with van der Waals surface area (Å²) in [7, 11) is -4.11. The summed E-state index contributed by atoms with van der Waals surface area (Å²) in [6.45, 7) is 7.62. The van der Waals surface area contributed by atoms with E-state index in [2.05, 4.69) is 5.32 Å². The minimum Gasteiger partial charge on any atom is -0.354 e. The van der Waals surface area contributed by atoms with Gasteiger partial charge in [0.05, 0.1) is 10.6 Å². The number of benzene rings is 3. The summed E-state index contributed by atoms with van der Waals surface area (Å²) >= 11 is 6.20. The Labute approximate surface area is 243 Å². The van der Waals surface area contributed by atoms with Gasteiger partial charge < -0.3 is 10.2 Å². The predicted octanol–water partition coefficient (Wildman–Crippen LogP) is 5.74. The second kappa shape index (κ2) is 14.3. The molecule has 0 aliphatic carbocycles. The number of sulfonamides is 1. The van der Waals surface area contributed by atoms with Crippen LogP contribution in [0.1, 0.15) is 50.3 Å². The van der Waals surface area contributed by atoms with Gasteiger partial charge in [-0.15, -0.1) is 0 Å². The van der Waals surface area contributed by atoms with E-state index in [1.54, 1.807) is 61.5 Å². The van der Waals surface area contributed by atoms with Crippen molar-refractivity contribution < 1.29 is 18.0 Å². The van der Waals surface area contributed by atoms with Crippen molar-refractivity contribution in [3.63, 3.8) is 0 Å². The highest BCUT2D eigenvalue weighted by Crippen LogP contribution is 2.28. The summed E-state index contributed by atoms with van der Waals surface area (Å²) in [4.78, 5) is 28.6. The highest BCUT2D eigenvalue weighted by atomic mass is 35.5. The Morgan fingerprint density at radius 3 is 2.33 bits per heavy atom. The number of halogens is 1. The molecule has 1 N–H and O–H groups in total. The second-order valence-electron chi connectivity index (χ2n) is 9.78. The Bertz CT molecular complexity index is 1410. The van der Waals surface area contributed by atoms with Crippen LogP contribution >= 0.6 is 11.6 Å². The number of para-hydroxylation sites is 1. The van der Waals surface area contributed by atoms with Gasteiger partial charge in [0.25, 0.3) is 10.0 Å².